The zero-order valence-electron chi connectivity index (χ0n) is 8.59. The van der Waals surface area contributed by atoms with Gasteiger partial charge in [0.15, 0.2) is 11.6 Å². The first-order chi connectivity index (χ1) is 7.24. The van der Waals surface area contributed by atoms with Crippen molar-refractivity contribution in [3.05, 3.63) is 23.1 Å². The quantitative estimate of drug-likeness (QED) is 0.781. The van der Waals surface area contributed by atoms with E-state index in [1.807, 2.05) is 11.8 Å². The van der Waals surface area contributed by atoms with Crippen molar-refractivity contribution in [2.45, 2.75) is 12.8 Å². The maximum absolute atomic E-state index is 13.2. The van der Waals surface area contributed by atoms with E-state index in [-0.39, 0.29) is 5.82 Å². The summed E-state index contributed by atoms with van der Waals surface area (Å²) in [6.45, 7) is 0.742. The molecule has 1 heterocycles. The minimum atomic E-state index is -0.396. The summed E-state index contributed by atoms with van der Waals surface area (Å²) < 4.78 is 13.2. The molecule has 0 aliphatic heterocycles. The second-order valence-corrected chi connectivity index (χ2v) is 4.53. The number of nitrogens with one attached hydrogen (secondary N) is 1. The van der Waals surface area contributed by atoms with Gasteiger partial charge in [0, 0.05) is 12.7 Å². The van der Waals surface area contributed by atoms with Crippen LogP contribution >= 0.6 is 23.4 Å². The molecule has 0 amide bonds. The lowest BCUT2D eigenvalue weighted by atomic mass is 10.3. The Morgan fingerprint density at radius 1 is 1.53 bits per heavy atom. The van der Waals surface area contributed by atoms with Crippen LogP contribution in [0.2, 0.25) is 5.02 Å². The molecule has 0 aliphatic carbocycles. The molecule has 0 unspecified atom stereocenters. The van der Waals surface area contributed by atoms with Gasteiger partial charge in [-0.3, -0.25) is 0 Å². The van der Waals surface area contributed by atoms with Crippen LogP contribution in [0.25, 0.3) is 0 Å². The van der Waals surface area contributed by atoms with Gasteiger partial charge >= 0.3 is 0 Å². The molecule has 84 valence electrons. The Kier molecular flexibility index (Phi) is 5.79. The van der Waals surface area contributed by atoms with E-state index < -0.39 is 5.82 Å². The van der Waals surface area contributed by atoms with Crippen molar-refractivity contribution in [1.29, 1.82) is 0 Å². The molecule has 0 bridgehead atoms. The number of aromatic nitrogens is 1. The topological polar surface area (TPSA) is 24.9 Å². The van der Waals surface area contributed by atoms with Crippen LogP contribution < -0.4 is 5.32 Å². The maximum Gasteiger partial charge on any atom is 0.166 e. The highest BCUT2D eigenvalue weighted by molar-refractivity contribution is 7.98. The number of hydrogen-bond donors (Lipinski definition) is 1. The van der Waals surface area contributed by atoms with E-state index in [0.717, 1.165) is 25.1 Å². The van der Waals surface area contributed by atoms with Crippen LogP contribution in [0.15, 0.2) is 12.3 Å². The fraction of sp³-hybridized carbons (Fsp3) is 0.500. The summed E-state index contributed by atoms with van der Waals surface area (Å²) in [4.78, 5) is 3.87. The molecule has 0 radical (unpaired) electrons. The molecule has 1 aromatic rings. The Bertz CT molecular complexity index is 309. The Balaban J connectivity index is 2.31. The SMILES string of the molecule is CSCCCCNc1ncc(Cl)cc1F. The average molecular weight is 249 g/mol. The van der Waals surface area contributed by atoms with Gasteiger partial charge in [0.1, 0.15) is 0 Å². The minimum absolute atomic E-state index is 0.281. The van der Waals surface area contributed by atoms with E-state index in [4.69, 9.17) is 11.6 Å². The summed E-state index contributed by atoms with van der Waals surface area (Å²) in [5.74, 6) is 1.02. The van der Waals surface area contributed by atoms with Gasteiger partial charge in [-0.2, -0.15) is 11.8 Å². The van der Waals surface area contributed by atoms with E-state index in [1.54, 1.807) is 0 Å². The first kappa shape index (κ1) is 12.6. The van der Waals surface area contributed by atoms with Crippen LogP contribution in [0.5, 0.6) is 0 Å². The van der Waals surface area contributed by atoms with Crippen LogP contribution in [-0.2, 0) is 0 Å². The lowest BCUT2D eigenvalue weighted by Gasteiger charge is -2.05. The summed E-state index contributed by atoms with van der Waals surface area (Å²) >= 11 is 7.40. The normalized spacial score (nSPS) is 10.3. The molecular formula is C10H14ClFN2S. The number of nitrogens with zero attached hydrogens (tertiary/aromatic N) is 1. The first-order valence-corrected chi connectivity index (χ1v) is 6.55. The highest BCUT2D eigenvalue weighted by Gasteiger charge is 2.02. The van der Waals surface area contributed by atoms with Crippen LogP contribution in [0.1, 0.15) is 12.8 Å². The monoisotopic (exact) mass is 248 g/mol. The Labute approximate surface area is 98.6 Å². The zero-order valence-corrected chi connectivity index (χ0v) is 10.2. The number of pyridine rings is 1. The second kappa shape index (κ2) is 6.90. The lowest BCUT2D eigenvalue weighted by Crippen LogP contribution is -2.05. The van der Waals surface area contributed by atoms with Gasteiger partial charge < -0.3 is 5.32 Å². The Morgan fingerprint density at radius 2 is 2.33 bits per heavy atom. The molecule has 0 atom stereocenters. The maximum atomic E-state index is 13.2. The molecule has 1 aromatic heterocycles. The Morgan fingerprint density at radius 3 is 3.00 bits per heavy atom. The van der Waals surface area contributed by atoms with Crippen molar-refractivity contribution in [2.75, 3.05) is 23.9 Å². The third-order valence-corrected chi connectivity index (χ3v) is 2.78. The van der Waals surface area contributed by atoms with Crippen LogP contribution in [-0.4, -0.2) is 23.5 Å². The van der Waals surface area contributed by atoms with E-state index in [2.05, 4.69) is 16.6 Å². The van der Waals surface area contributed by atoms with Crippen molar-refractivity contribution in [2.24, 2.45) is 0 Å². The smallest absolute Gasteiger partial charge is 0.166 e. The van der Waals surface area contributed by atoms with Crippen molar-refractivity contribution < 1.29 is 4.39 Å². The molecule has 15 heavy (non-hydrogen) atoms. The predicted octanol–water partition coefficient (Wildman–Crippen LogP) is 3.43. The number of rotatable bonds is 6. The van der Waals surface area contributed by atoms with Crippen molar-refractivity contribution in [1.82, 2.24) is 4.98 Å². The molecular weight excluding hydrogens is 235 g/mol. The minimum Gasteiger partial charge on any atom is -0.368 e. The summed E-state index contributed by atoms with van der Waals surface area (Å²) in [5.41, 5.74) is 0. The molecule has 1 N–H and O–H groups in total. The molecule has 5 heteroatoms. The van der Waals surface area contributed by atoms with Gasteiger partial charge in [0.2, 0.25) is 0 Å². The summed E-state index contributed by atoms with van der Waals surface area (Å²) in [6.07, 6.45) is 5.66. The fourth-order valence-corrected chi connectivity index (χ4v) is 1.76. The van der Waals surface area contributed by atoms with Gasteiger partial charge in [-0.15, -0.1) is 0 Å². The van der Waals surface area contributed by atoms with Crippen molar-refractivity contribution in [3.8, 4) is 0 Å². The summed E-state index contributed by atoms with van der Waals surface area (Å²) in [7, 11) is 0. The zero-order chi connectivity index (χ0) is 11.1. The molecule has 0 aliphatic rings. The first-order valence-electron chi connectivity index (χ1n) is 4.78. The number of anilines is 1. The van der Waals surface area contributed by atoms with Crippen molar-refractivity contribution in [3.63, 3.8) is 0 Å². The van der Waals surface area contributed by atoms with E-state index in [0.29, 0.717) is 5.02 Å². The van der Waals surface area contributed by atoms with Crippen LogP contribution in [0.3, 0.4) is 0 Å². The lowest BCUT2D eigenvalue weighted by molar-refractivity contribution is 0.623. The highest BCUT2D eigenvalue weighted by atomic mass is 35.5. The molecule has 0 aromatic carbocycles. The second-order valence-electron chi connectivity index (χ2n) is 3.11. The predicted molar refractivity (Wildman–Crippen MR) is 65.3 cm³/mol. The number of unbranched alkanes of at least 4 members (excludes halogenated alkanes) is 1. The number of halogens is 2. The van der Waals surface area contributed by atoms with Crippen LogP contribution in [0.4, 0.5) is 10.2 Å². The summed E-state index contributed by atoms with van der Waals surface area (Å²) in [5, 5.41) is 3.26. The van der Waals surface area contributed by atoms with E-state index >= 15 is 0 Å². The molecule has 0 spiro atoms. The third kappa shape index (κ3) is 4.71. The van der Waals surface area contributed by atoms with Gasteiger partial charge in [0.25, 0.3) is 0 Å². The number of thioether (sulfide) groups is 1. The summed E-state index contributed by atoms with van der Waals surface area (Å²) in [6, 6.07) is 1.26. The highest BCUT2D eigenvalue weighted by Crippen LogP contribution is 2.15. The van der Waals surface area contributed by atoms with E-state index in [1.165, 1.54) is 12.3 Å². The van der Waals surface area contributed by atoms with Crippen LogP contribution in [0, 0.1) is 5.82 Å². The van der Waals surface area contributed by atoms with Gasteiger partial charge in [-0.1, -0.05) is 11.6 Å². The molecule has 0 saturated heterocycles. The molecule has 0 saturated carbocycles. The largest absolute Gasteiger partial charge is 0.368 e. The van der Waals surface area contributed by atoms with Gasteiger partial charge in [0.05, 0.1) is 5.02 Å². The average Bonchev–Trinajstić information content (AvgIpc) is 2.20. The molecule has 1 rings (SSSR count). The fourth-order valence-electron chi connectivity index (χ4n) is 1.12. The van der Waals surface area contributed by atoms with Crippen molar-refractivity contribution >= 4 is 29.2 Å². The van der Waals surface area contributed by atoms with Gasteiger partial charge in [-0.25, -0.2) is 9.37 Å². The van der Waals surface area contributed by atoms with E-state index in [9.17, 15) is 4.39 Å². The van der Waals surface area contributed by atoms with Gasteiger partial charge in [-0.05, 0) is 30.9 Å². The molecule has 0 fully saturated rings. The third-order valence-electron chi connectivity index (χ3n) is 1.88. The number of hydrogen-bond acceptors (Lipinski definition) is 3. The molecule has 2 nitrogen and oxygen atoms in total. The Hall–Kier alpha value is -0.480. The standard InChI is InChI=1S/C10H14ClFN2S/c1-15-5-3-2-4-13-10-9(12)6-8(11)7-14-10/h6-7H,2-5H2,1H3,(H,13,14).